The summed E-state index contributed by atoms with van der Waals surface area (Å²) in [5, 5.41) is 7.51. The molecule has 0 saturated carbocycles. The maximum Gasteiger partial charge on any atom is 0.368 e. The molecule has 1 aromatic heterocycles. The van der Waals surface area contributed by atoms with Gasteiger partial charge in [-0.1, -0.05) is 33.6 Å². The van der Waals surface area contributed by atoms with Crippen LogP contribution in [0.3, 0.4) is 0 Å². The number of hydrogen-bond acceptors (Lipinski definition) is 4. The van der Waals surface area contributed by atoms with E-state index in [1.165, 1.54) is 19.2 Å². The zero-order valence-corrected chi connectivity index (χ0v) is 15.6. The van der Waals surface area contributed by atoms with Crippen molar-refractivity contribution in [2.45, 2.75) is 20.0 Å². The van der Waals surface area contributed by atoms with Gasteiger partial charge >= 0.3 is 5.69 Å². The van der Waals surface area contributed by atoms with Gasteiger partial charge in [0.2, 0.25) is 0 Å². The maximum absolute atomic E-state index is 13.3. The summed E-state index contributed by atoms with van der Waals surface area (Å²) >= 11 is 3.41. The van der Waals surface area contributed by atoms with Crippen LogP contribution in [0.15, 0.2) is 45.7 Å². The number of hydrogen-bond donors (Lipinski definition) is 0. The van der Waals surface area contributed by atoms with Gasteiger partial charge in [0, 0.05) is 17.1 Å². The highest BCUT2D eigenvalue weighted by molar-refractivity contribution is 9.10. The van der Waals surface area contributed by atoms with Crippen LogP contribution in [0, 0.1) is 6.92 Å². The van der Waals surface area contributed by atoms with Crippen LogP contribution >= 0.6 is 15.9 Å². The number of nitrogens with zero attached hydrogens (tertiary/aromatic N) is 4. The molecule has 0 N–H and O–H groups in total. The van der Waals surface area contributed by atoms with Crippen molar-refractivity contribution in [3.05, 3.63) is 68.0 Å². The van der Waals surface area contributed by atoms with Crippen LogP contribution in [0.5, 0.6) is 5.75 Å². The Morgan fingerprint density at radius 2 is 2.00 bits per heavy atom. The van der Waals surface area contributed by atoms with Crippen molar-refractivity contribution in [1.82, 2.24) is 19.8 Å². The molecule has 0 spiro atoms. The average Bonchev–Trinajstić information content (AvgIpc) is 2.93. The lowest BCUT2D eigenvalue weighted by Gasteiger charge is -2.15. The van der Waals surface area contributed by atoms with E-state index >= 15 is 0 Å². The predicted octanol–water partition coefficient (Wildman–Crippen LogP) is 3.55. The van der Waals surface area contributed by atoms with Crippen molar-refractivity contribution < 1.29 is 13.5 Å². The minimum Gasteiger partial charge on any atom is -0.488 e. The third kappa shape index (κ3) is 3.52. The normalized spacial score (nSPS) is 11.2. The second-order valence-corrected chi connectivity index (χ2v) is 6.52. The molecule has 0 radical (unpaired) electrons. The van der Waals surface area contributed by atoms with E-state index in [1.807, 2.05) is 0 Å². The van der Waals surface area contributed by atoms with Crippen molar-refractivity contribution in [2.24, 2.45) is 7.05 Å². The lowest BCUT2D eigenvalue weighted by molar-refractivity contribution is 0.144. The van der Waals surface area contributed by atoms with Crippen LogP contribution in [-0.4, -0.2) is 19.8 Å². The Morgan fingerprint density at radius 3 is 2.65 bits per heavy atom. The minimum absolute atomic E-state index is 0.0252. The number of alkyl halides is 2. The van der Waals surface area contributed by atoms with Gasteiger partial charge in [-0.2, -0.15) is 9.36 Å². The molecule has 136 valence electrons. The van der Waals surface area contributed by atoms with Crippen molar-refractivity contribution >= 4 is 15.9 Å². The molecule has 2 aromatic carbocycles. The Morgan fingerprint density at radius 1 is 1.23 bits per heavy atom. The number of tetrazole rings is 1. The van der Waals surface area contributed by atoms with E-state index in [9.17, 15) is 13.6 Å². The van der Waals surface area contributed by atoms with Crippen molar-refractivity contribution in [3.63, 3.8) is 0 Å². The van der Waals surface area contributed by atoms with Crippen LogP contribution in [0.2, 0.25) is 0 Å². The summed E-state index contributed by atoms with van der Waals surface area (Å²) < 4.78 is 35.1. The first-order valence-corrected chi connectivity index (χ1v) is 8.46. The van der Waals surface area contributed by atoms with E-state index in [-0.39, 0.29) is 17.9 Å². The molecule has 3 aromatic rings. The van der Waals surface area contributed by atoms with E-state index in [4.69, 9.17) is 4.74 Å². The molecule has 6 nitrogen and oxygen atoms in total. The number of benzene rings is 2. The number of rotatable bonds is 5. The summed E-state index contributed by atoms with van der Waals surface area (Å²) in [6.45, 7) is 1.71. The summed E-state index contributed by atoms with van der Waals surface area (Å²) in [6.07, 6.45) is -2.65. The van der Waals surface area contributed by atoms with Gasteiger partial charge < -0.3 is 4.74 Å². The third-order valence-corrected chi connectivity index (χ3v) is 4.56. The molecular weight excluding hydrogens is 410 g/mol. The summed E-state index contributed by atoms with van der Waals surface area (Å²) in [5.41, 5.74) is 1.18. The SMILES string of the molecule is Cc1ccc(OCc2c(Br)cccc2-n2nnn(C)c2=O)c(C(F)F)c1. The molecule has 1 heterocycles. The van der Waals surface area contributed by atoms with E-state index in [0.29, 0.717) is 15.7 Å². The summed E-state index contributed by atoms with van der Waals surface area (Å²) in [5.74, 6) is 0.0961. The van der Waals surface area contributed by atoms with Crippen LogP contribution in [-0.2, 0) is 13.7 Å². The van der Waals surface area contributed by atoms with Gasteiger partial charge in [0.1, 0.15) is 12.4 Å². The second-order valence-electron chi connectivity index (χ2n) is 5.67. The number of halogens is 3. The van der Waals surface area contributed by atoms with Gasteiger partial charge in [-0.25, -0.2) is 13.6 Å². The zero-order valence-electron chi connectivity index (χ0n) is 14.0. The molecule has 0 aliphatic heterocycles. The number of ether oxygens (including phenoxy) is 1. The first kappa shape index (κ1) is 18.2. The fraction of sp³-hybridized carbons (Fsp3) is 0.235. The van der Waals surface area contributed by atoms with Gasteiger partial charge in [-0.3, -0.25) is 0 Å². The molecule has 3 rings (SSSR count). The summed E-state index contributed by atoms with van der Waals surface area (Å²) in [4.78, 5) is 12.1. The largest absolute Gasteiger partial charge is 0.488 e. The molecule has 0 saturated heterocycles. The van der Waals surface area contributed by atoms with Crippen LogP contribution in [0.1, 0.15) is 23.1 Å². The standard InChI is InChI=1S/C17H15BrF2N4O2/c1-10-6-7-15(11(8-10)16(19)20)26-9-12-13(18)4-3-5-14(12)24-17(25)23(2)21-22-24/h3-8,16H,9H2,1-2H3. The van der Waals surface area contributed by atoms with Gasteiger partial charge in [-0.15, -0.1) is 0 Å². The van der Waals surface area contributed by atoms with Crippen LogP contribution in [0.4, 0.5) is 8.78 Å². The molecule has 0 aliphatic rings. The van der Waals surface area contributed by atoms with Gasteiger partial charge in [0.25, 0.3) is 6.43 Å². The minimum atomic E-state index is -2.65. The maximum atomic E-state index is 13.3. The molecule has 0 unspecified atom stereocenters. The molecule has 9 heteroatoms. The van der Waals surface area contributed by atoms with Crippen LogP contribution < -0.4 is 10.4 Å². The van der Waals surface area contributed by atoms with Crippen molar-refractivity contribution in [3.8, 4) is 11.4 Å². The lowest BCUT2D eigenvalue weighted by atomic mass is 10.1. The lowest BCUT2D eigenvalue weighted by Crippen LogP contribution is -2.23. The molecule has 0 atom stereocenters. The molecule has 0 bridgehead atoms. The highest BCUT2D eigenvalue weighted by Gasteiger charge is 2.17. The first-order chi connectivity index (χ1) is 12.4. The quantitative estimate of drug-likeness (QED) is 0.628. The van der Waals surface area contributed by atoms with E-state index in [0.717, 1.165) is 14.9 Å². The topological polar surface area (TPSA) is 61.9 Å². The Hall–Kier alpha value is -2.55. The fourth-order valence-corrected chi connectivity index (χ4v) is 2.94. The highest BCUT2D eigenvalue weighted by Crippen LogP contribution is 2.31. The smallest absolute Gasteiger partial charge is 0.368 e. The van der Waals surface area contributed by atoms with Gasteiger partial charge in [0.15, 0.2) is 0 Å². The fourth-order valence-electron chi connectivity index (χ4n) is 2.47. The number of aryl methyl sites for hydroxylation is 2. The van der Waals surface area contributed by atoms with Crippen molar-refractivity contribution in [2.75, 3.05) is 0 Å². The third-order valence-electron chi connectivity index (χ3n) is 3.82. The van der Waals surface area contributed by atoms with E-state index < -0.39 is 12.1 Å². The van der Waals surface area contributed by atoms with Crippen molar-refractivity contribution in [1.29, 1.82) is 0 Å². The summed E-state index contributed by atoms with van der Waals surface area (Å²) in [6, 6.07) is 9.81. The first-order valence-electron chi connectivity index (χ1n) is 7.66. The van der Waals surface area contributed by atoms with Gasteiger partial charge in [-0.05, 0) is 41.6 Å². The van der Waals surface area contributed by atoms with E-state index in [2.05, 4.69) is 26.4 Å². The Labute approximate surface area is 156 Å². The average molecular weight is 425 g/mol. The Kier molecular flexibility index (Phi) is 5.17. The molecule has 0 fully saturated rings. The van der Waals surface area contributed by atoms with E-state index in [1.54, 1.807) is 31.2 Å². The second kappa shape index (κ2) is 7.36. The summed E-state index contributed by atoms with van der Waals surface area (Å²) in [7, 11) is 1.49. The van der Waals surface area contributed by atoms with Crippen LogP contribution in [0.25, 0.3) is 5.69 Å². The molecule has 0 amide bonds. The monoisotopic (exact) mass is 424 g/mol. The predicted molar refractivity (Wildman–Crippen MR) is 94.8 cm³/mol. The highest BCUT2D eigenvalue weighted by atomic mass is 79.9. The zero-order chi connectivity index (χ0) is 18.8. The molecule has 0 aliphatic carbocycles. The molecular formula is C17H15BrF2N4O2. The van der Waals surface area contributed by atoms with Gasteiger partial charge in [0.05, 0.1) is 11.3 Å². The number of aromatic nitrogens is 4. The molecule has 26 heavy (non-hydrogen) atoms. The Balaban J connectivity index is 1.97. The Bertz CT molecular complexity index is 1000.